The molecule has 2 N–H and O–H groups in total. The third-order valence-corrected chi connectivity index (χ3v) is 4.11. The number of benzene rings is 2. The zero-order valence-corrected chi connectivity index (χ0v) is 14.0. The highest BCUT2D eigenvalue weighted by Crippen LogP contribution is 2.27. The maximum atomic E-state index is 6.50. The molecule has 0 radical (unpaired) electrons. The average molecular weight is 302 g/mol. The van der Waals surface area contributed by atoms with Crippen LogP contribution in [-0.2, 0) is 17.4 Å². The summed E-state index contributed by atoms with van der Waals surface area (Å²) in [5, 5.41) is 0.729. The van der Waals surface area contributed by atoms with Crippen molar-refractivity contribution in [1.82, 2.24) is 0 Å². The fourth-order valence-corrected chi connectivity index (χ4v) is 2.68. The first-order valence-corrected chi connectivity index (χ1v) is 7.71. The predicted octanol–water partition coefficient (Wildman–Crippen LogP) is 5.05. The molecule has 0 aliphatic heterocycles. The van der Waals surface area contributed by atoms with E-state index in [-0.39, 0.29) is 5.41 Å². The molecule has 0 fully saturated rings. The summed E-state index contributed by atoms with van der Waals surface area (Å²) < 4.78 is 0. The topological polar surface area (TPSA) is 26.0 Å². The van der Waals surface area contributed by atoms with E-state index in [1.165, 1.54) is 11.1 Å². The molecular weight excluding hydrogens is 278 g/mol. The van der Waals surface area contributed by atoms with E-state index in [2.05, 4.69) is 52.0 Å². The summed E-state index contributed by atoms with van der Waals surface area (Å²) in [6, 6.07) is 16.6. The Balaban J connectivity index is 2.20. The fraction of sp³-hybridized carbons (Fsp3) is 0.368. The van der Waals surface area contributed by atoms with Gasteiger partial charge in [0.05, 0.1) is 0 Å². The first kappa shape index (κ1) is 16.1. The van der Waals surface area contributed by atoms with Crippen LogP contribution in [0.25, 0.3) is 0 Å². The average Bonchev–Trinajstić information content (AvgIpc) is 2.38. The molecule has 1 unspecified atom stereocenters. The van der Waals surface area contributed by atoms with E-state index in [9.17, 15) is 0 Å². The van der Waals surface area contributed by atoms with Gasteiger partial charge in [0.15, 0.2) is 0 Å². The largest absolute Gasteiger partial charge is 0.321 e. The quantitative estimate of drug-likeness (QED) is 0.843. The van der Waals surface area contributed by atoms with Crippen molar-refractivity contribution in [3.8, 4) is 0 Å². The van der Waals surface area contributed by atoms with Crippen LogP contribution in [0.4, 0.5) is 0 Å². The van der Waals surface area contributed by atoms with Gasteiger partial charge in [0, 0.05) is 10.6 Å². The molecule has 2 rings (SSSR count). The standard InChI is InChI=1S/C19H24ClN/c1-18(2,3)15-10-8-14(9-11-15)13-19(4,21)16-6-5-7-17(20)12-16/h5-12H,13,21H2,1-4H3. The monoisotopic (exact) mass is 301 g/mol. The Morgan fingerprint density at radius 2 is 1.52 bits per heavy atom. The molecule has 2 aromatic rings. The summed E-state index contributed by atoms with van der Waals surface area (Å²) >= 11 is 6.07. The zero-order valence-electron chi connectivity index (χ0n) is 13.3. The molecule has 0 amide bonds. The fourth-order valence-electron chi connectivity index (χ4n) is 2.49. The summed E-state index contributed by atoms with van der Waals surface area (Å²) in [5.74, 6) is 0. The molecule has 0 aromatic heterocycles. The van der Waals surface area contributed by atoms with Gasteiger partial charge < -0.3 is 5.73 Å². The van der Waals surface area contributed by atoms with Crippen molar-refractivity contribution in [2.45, 2.75) is 45.1 Å². The highest BCUT2D eigenvalue weighted by molar-refractivity contribution is 6.30. The molecular formula is C19H24ClN. The lowest BCUT2D eigenvalue weighted by molar-refractivity contribution is 0.491. The van der Waals surface area contributed by atoms with Crippen LogP contribution in [0.2, 0.25) is 5.02 Å². The van der Waals surface area contributed by atoms with Crippen LogP contribution < -0.4 is 5.73 Å². The van der Waals surface area contributed by atoms with Gasteiger partial charge in [-0.3, -0.25) is 0 Å². The lowest BCUT2D eigenvalue weighted by atomic mass is 9.83. The van der Waals surface area contributed by atoms with Crippen LogP contribution >= 0.6 is 11.6 Å². The molecule has 0 spiro atoms. The van der Waals surface area contributed by atoms with Gasteiger partial charge in [-0.25, -0.2) is 0 Å². The van der Waals surface area contributed by atoms with Crippen LogP contribution in [-0.4, -0.2) is 0 Å². The normalized spacial score (nSPS) is 14.8. The molecule has 0 heterocycles. The number of rotatable bonds is 3. The predicted molar refractivity (Wildman–Crippen MR) is 91.8 cm³/mol. The summed E-state index contributed by atoms with van der Waals surface area (Å²) in [6.45, 7) is 8.72. The first-order valence-electron chi connectivity index (χ1n) is 7.33. The van der Waals surface area contributed by atoms with Gasteiger partial charge in [-0.2, -0.15) is 0 Å². The minimum Gasteiger partial charge on any atom is -0.321 e. The number of hydrogen-bond donors (Lipinski definition) is 1. The summed E-state index contributed by atoms with van der Waals surface area (Å²) in [5.41, 5.74) is 9.91. The third kappa shape index (κ3) is 4.09. The van der Waals surface area contributed by atoms with Gasteiger partial charge in [0.1, 0.15) is 0 Å². The summed E-state index contributed by atoms with van der Waals surface area (Å²) in [7, 11) is 0. The Morgan fingerprint density at radius 3 is 2.05 bits per heavy atom. The molecule has 1 atom stereocenters. The van der Waals surface area contributed by atoms with E-state index in [1.807, 2.05) is 24.3 Å². The highest BCUT2D eigenvalue weighted by atomic mass is 35.5. The third-order valence-electron chi connectivity index (χ3n) is 3.88. The van der Waals surface area contributed by atoms with Gasteiger partial charge in [0.2, 0.25) is 0 Å². The Labute approximate surface area is 133 Å². The second-order valence-electron chi connectivity index (χ2n) is 7.05. The second-order valence-corrected chi connectivity index (χ2v) is 7.49. The Bertz CT molecular complexity index is 606. The van der Waals surface area contributed by atoms with Crippen molar-refractivity contribution in [2.24, 2.45) is 5.73 Å². The molecule has 2 heteroatoms. The van der Waals surface area contributed by atoms with E-state index in [0.717, 1.165) is 17.0 Å². The highest BCUT2D eigenvalue weighted by Gasteiger charge is 2.22. The first-order chi connectivity index (χ1) is 9.68. The van der Waals surface area contributed by atoms with Gasteiger partial charge in [0.25, 0.3) is 0 Å². The van der Waals surface area contributed by atoms with Crippen LogP contribution in [0.3, 0.4) is 0 Å². The lowest BCUT2D eigenvalue weighted by Crippen LogP contribution is -2.35. The van der Waals surface area contributed by atoms with E-state index in [4.69, 9.17) is 17.3 Å². The van der Waals surface area contributed by atoms with Crippen LogP contribution in [0, 0.1) is 0 Å². The van der Waals surface area contributed by atoms with Crippen molar-refractivity contribution in [3.05, 3.63) is 70.2 Å². The van der Waals surface area contributed by atoms with Crippen molar-refractivity contribution in [3.63, 3.8) is 0 Å². The molecule has 0 aliphatic carbocycles. The second kappa shape index (κ2) is 5.82. The van der Waals surface area contributed by atoms with Crippen LogP contribution in [0.1, 0.15) is 44.4 Å². The van der Waals surface area contributed by atoms with Gasteiger partial charge in [-0.15, -0.1) is 0 Å². The molecule has 0 aliphatic rings. The smallest absolute Gasteiger partial charge is 0.0422 e. The Hall–Kier alpha value is -1.31. The van der Waals surface area contributed by atoms with E-state index < -0.39 is 5.54 Å². The molecule has 112 valence electrons. The van der Waals surface area contributed by atoms with Gasteiger partial charge in [-0.1, -0.05) is 68.8 Å². The maximum absolute atomic E-state index is 6.50. The van der Waals surface area contributed by atoms with E-state index in [1.54, 1.807) is 0 Å². The molecule has 1 nitrogen and oxygen atoms in total. The van der Waals surface area contributed by atoms with Crippen molar-refractivity contribution in [2.75, 3.05) is 0 Å². The maximum Gasteiger partial charge on any atom is 0.0422 e. The van der Waals surface area contributed by atoms with E-state index >= 15 is 0 Å². The van der Waals surface area contributed by atoms with Crippen molar-refractivity contribution < 1.29 is 0 Å². The molecule has 2 aromatic carbocycles. The molecule has 21 heavy (non-hydrogen) atoms. The summed E-state index contributed by atoms with van der Waals surface area (Å²) in [4.78, 5) is 0. The lowest BCUT2D eigenvalue weighted by Gasteiger charge is -2.26. The Morgan fingerprint density at radius 1 is 0.905 bits per heavy atom. The number of nitrogens with two attached hydrogens (primary N) is 1. The SMILES string of the molecule is CC(C)(C)c1ccc(CC(C)(N)c2cccc(Cl)c2)cc1. The molecule has 0 saturated heterocycles. The molecule has 0 bridgehead atoms. The van der Waals surface area contributed by atoms with Crippen molar-refractivity contribution >= 4 is 11.6 Å². The minimum atomic E-state index is -0.422. The zero-order chi connectivity index (χ0) is 15.7. The van der Waals surface area contributed by atoms with E-state index in [0.29, 0.717) is 0 Å². The number of halogens is 1. The number of hydrogen-bond acceptors (Lipinski definition) is 1. The van der Waals surface area contributed by atoms with Crippen LogP contribution in [0.5, 0.6) is 0 Å². The minimum absolute atomic E-state index is 0.178. The molecule has 0 saturated carbocycles. The van der Waals surface area contributed by atoms with Gasteiger partial charge >= 0.3 is 0 Å². The van der Waals surface area contributed by atoms with Gasteiger partial charge in [-0.05, 0) is 47.6 Å². The Kier molecular flexibility index (Phi) is 4.46. The summed E-state index contributed by atoms with van der Waals surface area (Å²) in [6.07, 6.45) is 0.789. The van der Waals surface area contributed by atoms with Crippen molar-refractivity contribution in [1.29, 1.82) is 0 Å². The van der Waals surface area contributed by atoms with Crippen LogP contribution in [0.15, 0.2) is 48.5 Å².